The van der Waals surface area contributed by atoms with Gasteiger partial charge in [0.2, 0.25) is 5.75 Å². The fourth-order valence-corrected chi connectivity index (χ4v) is 1.87. The average Bonchev–Trinajstić information content (AvgIpc) is 2.46. The number of amides is 1. The molecule has 0 saturated carbocycles. The Morgan fingerprint density at radius 3 is 2.52 bits per heavy atom. The molecule has 0 aliphatic rings. The highest BCUT2D eigenvalue weighted by molar-refractivity contribution is 6.08. The lowest BCUT2D eigenvalue weighted by molar-refractivity contribution is -0.385. The number of carbonyl (C=O) groups excluding carboxylic acids is 1. The molecule has 2 aromatic rings. The summed E-state index contributed by atoms with van der Waals surface area (Å²) >= 11 is 0. The standard InChI is InChI=1S/C14H11FN2O4/c1-16(11-7-3-2-6-10(11)15)14(19)9-5-4-8-12(13(9)18)17(20)21/h2-8,18H,1H3. The molecule has 0 aromatic heterocycles. The van der Waals surface area contributed by atoms with Crippen LogP contribution in [0.1, 0.15) is 10.4 Å². The number of benzene rings is 2. The third-order valence-electron chi connectivity index (χ3n) is 2.96. The average molecular weight is 290 g/mol. The minimum absolute atomic E-state index is 0.00778. The first kappa shape index (κ1) is 14.4. The van der Waals surface area contributed by atoms with E-state index in [-0.39, 0.29) is 11.3 Å². The van der Waals surface area contributed by atoms with Gasteiger partial charge >= 0.3 is 5.69 Å². The second kappa shape index (κ2) is 5.58. The monoisotopic (exact) mass is 290 g/mol. The first-order chi connectivity index (χ1) is 9.93. The van der Waals surface area contributed by atoms with E-state index in [4.69, 9.17) is 0 Å². The van der Waals surface area contributed by atoms with Gasteiger partial charge in [-0.1, -0.05) is 18.2 Å². The topological polar surface area (TPSA) is 83.7 Å². The van der Waals surface area contributed by atoms with Gasteiger partial charge in [-0.2, -0.15) is 0 Å². The van der Waals surface area contributed by atoms with Crippen LogP contribution in [0.2, 0.25) is 0 Å². The number of phenols is 1. The molecule has 6 nitrogen and oxygen atoms in total. The van der Waals surface area contributed by atoms with Gasteiger partial charge in [-0.25, -0.2) is 4.39 Å². The molecular formula is C14H11FN2O4. The van der Waals surface area contributed by atoms with Crippen molar-refractivity contribution in [1.29, 1.82) is 0 Å². The van der Waals surface area contributed by atoms with E-state index in [0.717, 1.165) is 11.0 Å². The van der Waals surface area contributed by atoms with Crippen LogP contribution in [0.5, 0.6) is 5.75 Å². The number of hydrogen-bond donors (Lipinski definition) is 1. The number of carbonyl (C=O) groups is 1. The van der Waals surface area contributed by atoms with Crippen LogP contribution in [0.4, 0.5) is 15.8 Å². The van der Waals surface area contributed by atoms with Crippen LogP contribution >= 0.6 is 0 Å². The fourth-order valence-electron chi connectivity index (χ4n) is 1.87. The largest absolute Gasteiger partial charge is 0.502 e. The summed E-state index contributed by atoms with van der Waals surface area (Å²) in [6, 6.07) is 9.20. The Bertz CT molecular complexity index is 718. The van der Waals surface area contributed by atoms with Crippen LogP contribution in [0, 0.1) is 15.9 Å². The summed E-state index contributed by atoms with van der Waals surface area (Å²) in [7, 11) is 1.32. The number of aromatic hydroxyl groups is 1. The van der Waals surface area contributed by atoms with Gasteiger partial charge in [0.15, 0.2) is 0 Å². The first-order valence-corrected chi connectivity index (χ1v) is 5.92. The SMILES string of the molecule is CN(C(=O)c1cccc([N+](=O)[O-])c1O)c1ccccc1F. The number of nitrogens with zero attached hydrogens (tertiary/aromatic N) is 2. The normalized spacial score (nSPS) is 10.2. The first-order valence-electron chi connectivity index (χ1n) is 5.92. The van der Waals surface area contributed by atoms with Crippen LogP contribution in [0.25, 0.3) is 0 Å². The number of nitro groups is 1. The maximum absolute atomic E-state index is 13.7. The number of anilines is 1. The van der Waals surface area contributed by atoms with E-state index in [0.29, 0.717) is 0 Å². The van der Waals surface area contributed by atoms with E-state index in [2.05, 4.69) is 0 Å². The number of para-hydroxylation sites is 2. The van der Waals surface area contributed by atoms with Crippen molar-refractivity contribution in [3.05, 3.63) is 64.0 Å². The van der Waals surface area contributed by atoms with Gasteiger partial charge < -0.3 is 10.0 Å². The van der Waals surface area contributed by atoms with Crippen molar-refractivity contribution < 1.29 is 19.2 Å². The Balaban J connectivity index is 2.44. The van der Waals surface area contributed by atoms with E-state index < -0.39 is 28.1 Å². The smallest absolute Gasteiger partial charge is 0.311 e. The Hall–Kier alpha value is -2.96. The Morgan fingerprint density at radius 2 is 1.90 bits per heavy atom. The lowest BCUT2D eigenvalue weighted by Gasteiger charge is -2.18. The van der Waals surface area contributed by atoms with E-state index in [1.165, 1.54) is 37.4 Å². The molecule has 1 N–H and O–H groups in total. The molecule has 0 spiro atoms. The maximum Gasteiger partial charge on any atom is 0.311 e. The highest BCUT2D eigenvalue weighted by atomic mass is 19.1. The third-order valence-corrected chi connectivity index (χ3v) is 2.96. The summed E-state index contributed by atoms with van der Waals surface area (Å²) < 4.78 is 13.7. The van der Waals surface area contributed by atoms with Crippen LogP contribution in [0.15, 0.2) is 42.5 Å². The molecule has 0 heterocycles. The Labute approximate surface area is 119 Å². The van der Waals surface area contributed by atoms with E-state index >= 15 is 0 Å². The van der Waals surface area contributed by atoms with Gasteiger partial charge in [0.25, 0.3) is 5.91 Å². The van der Waals surface area contributed by atoms with Crippen molar-refractivity contribution >= 4 is 17.3 Å². The molecule has 0 unspecified atom stereocenters. The number of halogens is 1. The van der Waals surface area contributed by atoms with Crippen molar-refractivity contribution in [2.75, 3.05) is 11.9 Å². The summed E-state index contributed by atoms with van der Waals surface area (Å²) in [4.78, 5) is 23.2. The summed E-state index contributed by atoms with van der Waals surface area (Å²) in [5.41, 5.74) is -0.842. The predicted octanol–water partition coefficient (Wildman–Crippen LogP) is 2.72. The van der Waals surface area contributed by atoms with E-state index in [1.54, 1.807) is 6.07 Å². The van der Waals surface area contributed by atoms with Crippen LogP contribution in [-0.2, 0) is 0 Å². The minimum atomic E-state index is -0.796. The van der Waals surface area contributed by atoms with Gasteiger partial charge in [-0.3, -0.25) is 14.9 Å². The minimum Gasteiger partial charge on any atom is -0.502 e. The molecule has 7 heteroatoms. The van der Waals surface area contributed by atoms with Gasteiger partial charge in [0, 0.05) is 13.1 Å². The lowest BCUT2D eigenvalue weighted by Crippen LogP contribution is -2.27. The Kier molecular flexibility index (Phi) is 3.84. The molecule has 0 aliphatic heterocycles. The van der Waals surface area contributed by atoms with Crippen molar-refractivity contribution in [2.24, 2.45) is 0 Å². The van der Waals surface area contributed by atoms with E-state index in [1.807, 2.05) is 0 Å². The third kappa shape index (κ3) is 2.66. The zero-order valence-corrected chi connectivity index (χ0v) is 11.0. The molecule has 0 aliphatic carbocycles. The molecular weight excluding hydrogens is 279 g/mol. The fraction of sp³-hybridized carbons (Fsp3) is 0.0714. The highest BCUT2D eigenvalue weighted by Gasteiger charge is 2.24. The molecule has 2 rings (SSSR count). The molecule has 0 atom stereocenters. The summed E-state index contributed by atoms with van der Waals surface area (Å²) in [6.07, 6.45) is 0. The maximum atomic E-state index is 13.7. The van der Waals surface area contributed by atoms with Crippen molar-refractivity contribution in [2.45, 2.75) is 0 Å². The summed E-state index contributed by atoms with van der Waals surface area (Å²) in [5, 5.41) is 20.6. The molecule has 2 aromatic carbocycles. The second-order valence-corrected chi connectivity index (χ2v) is 4.25. The van der Waals surface area contributed by atoms with Crippen LogP contribution in [-0.4, -0.2) is 23.0 Å². The van der Waals surface area contributed by atoms with Crippen LogP contribution < -0.4 is 4.90 Å². The summed E-state index contributed by atoms with van der Waals surface area (Å²) in [5.74, 6) is -2.10. The highest BCUT2D eigenvalue weighted by Crippen LogP contribution is 2.31. The van der Waals surface area contributed by atoms with Gasteiger partial charge in [-0.05, 0) is 18.2 Å². The molecule has 0 fully saturated rings. The zero-order valence-electron chi connectivity index (χ0n) is 11.0. The zero-order chi connectivity index (χ0) is 15.6. The molecule has 0 bridgehead atoms. The quantitative estimate of drug-likeness (QED) is 0.695. The number of hydrogen-bond acceptors (Lipinski definition) is 4. The molecule has 0 radical (unpaired) electrons. The molecule has 0 saturated heterocycles. The van der Waals surface area contributed by atoms with E-state index in [9.17, 15) is 24.4 Å². The van der Waals surface area contributed by atoms with Gasteiger partial charge in [0.05, 0.1) is 16.2 Å². The lowest BCUT2D eigenvalue weighted by atomic mass is 10.1. The summed E-state index contributed by atoms with van der Waals surface area (Å²) in [6.45, 7) is 0. The number of nitro benzene ring substituents is 1. The van der Waals surface area contributed by atoms with Crippen molar-refractivity contribution in [3.8, 4) is 5.75 Å². The molecule has 108 valence electrons. The Morgan fingerprint density at radius 1 is 1.24 bits per heavy atom. The van der Waals surface area contributed by atoms with Crippen molar-refractivity contribution in [1.82, 2.24) is 0 Å². The number of phenolic OH excluding ortho intramolecular Hbond substituents is 1. The second-order valence-electron chi connectivity index (χ2n) is 4.25. The van der Waals surface area contributed by atoms with Crippen molar-refractivity contribution in [3.63, 3.8) is 0 Å². The molecule has 21 heavy (non-hydrogen) atoms. The van der Waals surface area contributed by atoms with Crippen LogP contribution in [0.3, 0.4) is 0 Å². The predicted molar refractivity (Wildman–Crippen MR) is 73.9 cm³/mol. The van der Waals surface area contributed by atoms with Gasteiger partial charge in [-0.15, -0.1) is 0 Å². The number of rotatable bonds is 3. The molecule has 1 amide bonds. The van der Waals surface area contributed by atoms with Gasteiger partial charge in [0.1, 0.15) is 5.82 Å².